The molecule has 1 aromatic heterocycles. The zero-order valence-electron chi connectivity index (χ0n) is 15.0. The van der Waals surface area contributed by atoms with E-state index in [1.807, 2.05) is 12.3 Å². The average Bonchev–Trinajstić information content (AvgIpc) is 2.67. The first-order valence-corrected chi connectivity index (χ1v) is 10.2. The van der Waals surface area contributed by atoms with Gasteiger partial charge in [0.1, 0.15) is 0 Å². The molecule has 0 N–H and O–H groups in total. The second-order valence-electron chi connectivity index (χ2n) is 8.83. The minimum absolute atomic E-state index is 0.766. The van der Waals surface area contributed by atoms with Crippen LogP contribution in [0.2, 0.25) is 0 Å². The predicted octanol–water partition coefficient (Wildman–Crippen LogP) is 5.84. The zero-order chi connectivity index (χ0) is 17.1. The van der Waals surface area contributed by atoms with Crippen LogP contribution in [0.25, 0.3) is 22.3 Å². The largest absolute Gasteiger partial charge is 0.252 e. The standard InChI is InChI=1S/C24H24N2/c1-2-4-17(5-3-1)23-14-25-22-13-18(6-7-21(22)26-23)24-19-9-15-8-16(11-19)12-20(24)10-15/h1-7,13-16,19-20,24H,8-12H2. The summed E-state index contributed by atoms with van der Waals surface area (Å²) in [6, 6.07) is 17.2. The van der Waals surface area contributed by atoms with Gasteiger partial charge in [-0.05, 0) is 79.4 Å². The Balaban J connectivity index is 1.37. The van der Waals surface area contributed by atoms with Crippen molar-refractivity contribution in [1.29, 1.82) is 0 Å². The Morgan fingerprint density at radius 3 is 2.19 bits per heavy atom. The second-order valence-corrected chi connectivity index (χ2v) is 8.83. The molecular formula is C24H24N2. The minimum Gasteiger partial charge on any atom is -0.252 e. The molecule has 0 saturated heterocycles. The van der Waals surface area contributed by atoms with Gasteiger partial charge < -0.3 is 0 Å². The van der Waals surface area contributed by atoms with E-state index < -0.39 is 0 Å². The van der Waals surface area contributed by atoms with E-state index in [2.05, 4.69) is 42.5 Å². The Hall–Kier alpha value is -2.22. The summed E-state index contributed by atoms with van der Waals surface area (Å²) in [5, 5.41) is 0. The van der Waals surface area contributed by atoms with E-state index in [0.717, 1.165) is 51.9 Å². The highest BCUT2D eigenvalue weighted by Gasteiger charge is 2.48. The lowest BCUT2D eigenvalue weighted by molar-refractivity contribution is -0.00274. The number of benzene rings is 2. The summed E-state index contributed by atoms with van der Waals surface area (Å²) in [6.07, 6.45) is 9.31. The molecule has 130 valence electrons. The van der Waals surface area contributed by atoms with Crippen molar-refractivity contribution in [3.05, 3.63) is 60.3 Å². The van der Waals surface area contributed by atoms with Gasteiger partial charge in [0.2, 0.25) is 0 Å². The van der Waals surface area contributed by atoms with Crippen LogP contribution in [-0.2, 0) is 0 Å². The molecule has 7 rings (SSSR count). The van der Waals surface area contributed by atoms with Crippen LogP contribution in [0.3, 0.4) is 0 Å². The molecule has 4 aliphatic carbocycles. The first-order chi connectivity index (χ1) is 12.8. The molecule has 4 aliphatic rings. The van der Waals surface area contributed by atoms with E-state index in [0.29, 0.717) is 0 Å². The Morgan fingerprint density at radius 2 is 1.46 bits per heavy atom. The van der Waals surface area contributed by atoms with Crippen LogP contribution in [0, 0.1) is 23.7 Å². The van der Waals surface area contributed by atoms with Gasteiger partial charge in [0.25, 0.3) is 0 Å². The van der Waals surface area contributed by atoms with Gasteiger partial charge in [-0.15, -0.1) is 0 Å². The molecule has 0 radical (unpaired) electrons. The first kappa shape index (κ1) is 14.9. The maximum absolute atomic E-state index is 4.86. The normalized spacial score (nSPS) is 32.2. The van der Waals surface area contributed by atoms with Crippen molar-refractivity contribution >= 4 is 11.0 Å². The van der Waals surface area contributed by atoms with Gasteiger partial charge in [-0.3, -0.25) is 4.98 Å². The number of rotatable bonds is 2. The van der Waals surface area contributed by atoms with Gasteiger partial charge in [0.05, 0.1) is 22.9 Å². The SMILES string of the molecule is c1ccc(-c2cnc3cc(C4C5CC6CC(C5)CC4C6)ccc3n2)cc1. The molecule has 26 heavy (non-hydrogen) atoms. The predicted molar refractivity (Wildman–Crippen MR) is 105 cm³/mol. The van der Waals surface area contributed by atoms with Crippen molar-refractivity contribution in [2.45, 2.75) is 38.0 Å². The molecule has 0 unspecified atom stereocenters. The van der Waals surface area contributed by atoms with Crippen LogP contribution in [0.5, 0.6) is 0 Å². The third-order valence-corrected chi connectivity index (χ3v) is 7.25. The average molecular weight is 340 g/mol. The van der Waals surface area contributed by atoms with Gasteiger partial charge >= 0.3 is 0 Å². The Kier molecular flexibility index (Phi) is 3.23. The molecule has 0 spiro atoms. The second kappa shape index (κ2) is 5.64. The van der Waals surface area contributed by atoms with Crippen molar-refractivity contribution in [1.82, 2.24) is 9.97 Å². The molecule has 0 atom stereocenters. The van der Waals surface area contributed by atoms with E-state index in [1.54, 1.807) is 0 Å². The van der Waals surface area contributed by atoms with Crippen LogP contribution < -0.4 is 0 Å². The van der Waals surface area contributed by atoms with Crippen LogP contribution in [-0.4, -0.2) is 9.97 Å². The number of aromatic nitrogens is 2. The molecule has 2 heteroatoms. The van der Waals surface area contributed by atoms with E-state index in [4.69, 9.17) is 9.97 Å². The maximum Gasteiger partial charge on any atom is 0.0894 e. The Morgan fingerprint density at radius 1 is 0.731 bits per heavy atom. The molecular weight excluding hydrogens is 316 g/mol. The molecule has 0 aliphatic heterocycles. The lowest BCUT2D eigenvalue weighted by Crippen LogP contribution is -2.43. The van der Waals surface area contributed by atoms with Crippen molar-refractivity contribution in [3.8, 4) is 11.3 Å². The summed E-state index contributed by atoms with van der Waals surface area (Å²) in [4.78, 5) is 9.63. The summed E-state index contributed by atoms with van der Waals surface area (Å²) in [6.45, 7) is 0. The molecule has 3 aromatic rings. The summed E-state index contributed by atoms with van der Waals surface area (Å²) in [5.74, 6) is 4.66. The zero-order valence-corrected chi connectivity index (χ0v) is 15.0. The van der Waals surface area contributed by atoms with Crippen LogP contribution in [0.1, 0.15) is 43.6 Å². The smallest absolute Gasteiger partial charge is 0.0894 e. The molecule has 2 aromatic carbocycles. The van der Waals surface area contributed by atoms with Crippen LogP contribution >= 0.6 is 0 Å². The third kappa shape index (κ3) is 2.31. The molecule has 4 bridgehead atoms. The third-order valence-electron chi connectivity index (χ3n) is 7.25. The van der Waals surface area contributed by atoms with Crippen molar-refractivity contribution < 1.29 is 0 Å². The molecule has 1 heterocycles. The maximum atomic E-state index is 4.86. The summed E-state index contributed by atoms with van der Waals surface area (Å²) < 4.78 is 0. The Labute approximate surface area is 154 Å². The van der Waals surface area contributed by atoms with Gasteiger partial charge in [-0.2, -0.15) is 0 Å². The lowest BCUT2D eigenvalue weighted by atomic mass is 9.51. The lowest BCUT2D eigenvalue weighted by Gasteiger charge is -2.54. The monoisotopic (exact) mass is 340 g/mol. The summed E-state index contributed by atoms with van der Waals surface area (Å²) >= 11 is 0. The highest BCUT2D eigenvalue weighted by Crippen LogP contribution is 2.59. The van der Waals surface area contributed by atoms with E-state index in [-0.39, 0.29) is 0 Å². The molecule has 4 fully saturated rings. The van der Waals surface area contributed by atoms with Crippen molar-refractivity contribution in [2.24, 2.45) is 23.7 Å². The molecule has 4 saturated carbocycles. The fourth-order valence-corrected chi connectivity index (χ4v) is 6.45. The van der Waals surface area contributed by atoms with Gasteiger partial charge in [-0.1, -0.05) is 36.4 Å². The number of fused-ring (bicyclic) bond motifs is 1. The van der Waals surface area contributed by atoms with Crippen molar-refractivity contribution in [2.75, 3.05) is 0 Å². The molecule has 2 nitrogen and oxygen atoms in total. The summed E-state index contributed by atoms with van der Waals surface area (Å²) in [7, 11) is 0. The Bertz CT molecular complexity index is 934. The van der Waals surface area contributed by atoms with Crippen LogP contribution in [0.15, 0.2) is 54.7 Å². The highest BCUT2D eigenvalue weighted by atomic mass is 14.8. The van der Waals surface area contributed by atoms with E-state index in [9.17, 15) is 0 Å². The number of hydrogen-bond acceptors (Lipinski definition) is 2. The number of nitrogens with zero attached hydrogens (tertiary/aromatic N) is 2. The van der Waals surface area contributed by atoms with E-state index in [1.165, 1.54) is 37.7 Å². The fourth-order valence-electron chi connectivity index (χ4n) is 6.45. The first-order valence-electron chi connectivity index (χ1n) is 10.2. The van der Waals surface area contributed by atoms with Gasteiger partial charge in [-0.25, -0.2) is 4.98 Å². The van der Waals surface area contributed by atoms with Crippen molar-refractivity contribution in [3.63, 3.8) is 0 Å². The fraction of sp³-hybridized carbons (Fsp3) is 0.417. The van der Waals surface area contributed by atoms with Gasteiger partial charge in [0, 0.05) is 5.56 Å². The minimum atomic E-state index is 0.766. The quantitative estimate of drug-likeness (QED) is 0.586. The topological polar surface area (TPSA) is 25.8 Å². The highest BCUT2D eigenvalue weighted by molar-refractivity contribution is 5.78. The number of hydrogen-bond donors (Lipinski definition) is 0. The van der Waals surface area contributed by atoms with Gasteiger partial charge in [0.15, 0.2) is 0 Å². The van der Waals surface area contributed by atoms with E-state index >= 15 is 0 Å². The summed E-state index contributed by atoms with van der Waals surface area (Å²) in [5.41, 5.74) is 5.68. The molecule has 0 amide bonds. The van der Waals surface area contributed by atoms with Crippen LogP contribution in [0.4, 0.5) is 0 Å².